The van der Waals surface area contributed by atoms with Crippen molar-refractivity contribution in [3.63, 3.8) is 0 Å². The van der Waals surface area contributed by atoms with Crippen LogP contribution in [0.15, 0.2) is 18.2 Å². The van der Waals surface area contributed by atoms with Gasteiger partial charge in [0.2, 0.25) is 0 Å². The molecule has 0 radical (unpaired) electrons. The number of hydrogen-bond acceptors (Lipinski definition) is 4. The molecule has 0 amide bonds. The van der Waals surface area contributed by atoms with Crippen LogP contribution in [-0.4, -0.2) is 49.3 Å². The van der Waals surface area contributed by atoms with Crippen LogP contribution in [0.4, 0.5) is 10.1 Å². The van der Waals surface area contributed by atoms with E-state index in [-0.39, 0.29) is 11.9 Å². The first kappa shape index (κ1) is 17.5. The molecule has 0 spiro atoms. The first-order valence-electron chi connectivity index (χ1n) is 9.23. The molecular weight excluding hydrogens is 305 g/mol. The highest BCUT2D eigenvalue weighted by Crippen LogP contribution is 2.32. The van der Waals surface area contributed by atoms with Gasteiger partial charge in [0.25, 0.3) is 0 Å². The topological polar surface area (TPSA) is 41.7 Å². The molecular formula is C19H30FN3O. The lowest BCUT2D eigenvalue weighted by Crippen LogP contribution is -2.51. The van der Waals surface area contributed by atoms with Crippen molar-refractivity contribution >= 4 is 5.69 Å². The van der Waals surface area contributed by atoms with E-state index >= 15 is 0 Å². The van der Waals surface area contributed by atoms with Crippen LogP contribution in [0, 0.1) is 5.82 Å². The monoisotopic (exact) mass is 335 g/mol. The average Bonchev–Trinajstić information content (AvgIpc) is 2.55. The zero-order chi connectivity index (χ0) is 17.1. The lowest BCUT2D eigenvalue weighted by molar-refractivity contribution is 0.141. The number of anilines is 1. The molecule has 0 bridgehead atoms. The van der Waals surface area contributed by atoms with E-state index in [1.807, 2.05) is 19.9 Å². The van der Waals surface area contributed by atoms with E-state index in [4.69, 9.17) is 10.5 Å². The van der Waals surface area contributed by atoms with Gasteiger partial charge in [-0.1, -0.05) is 0 Å². The molecule has 1 heterocycles. The second kappa shape index (κ2) is 7.70. The summed E-state index contributed by atoms with van der Waals surface area (Å²) in [6.45, 7) is 7.98. The molecule has 0 unspecified atom stereocenters. The standard InChI is InChI=1S/C19H30FN3O/c1-14(2)24-19-13-15(20)3-8-18(19)23-11-9-22(10-12-23)17-6-4-16(21)5-7-17/h3,8,13-14,16-17H,4-7,9-12,21H2,1-2H3. The van der Waals surface area contributed by atoms with Gasteiger partial charge in [0, 0.05) is 44.3 Å². The molecule has 2 N–H and O–H groups in total. The van der Waals surface area contributed by atoms with Gasteiger partial charge in [0.05, 0.1) is 11.8 Å². The van der Waals surface area contributed by atoms with E-state index in [1.54, 1.807) is 0 Å². The van der Waals surface area contributed by atoms with Crippen molar-refractivity contribution in [2.45, 2.75) is 57.7 Å². The largest absolute Gasteiger partial charge is 0.489 e. The molecule has 1 saturated heterocycles. The summed E-state index contributed by atoms with van der Waals surface area (Å²) in [5.74, 6) is 0.411. The fourth-order valence-corrected chi connectivity index (χ4v) is 3.89. The summed E-state index contributed by atoms with van der Waals surface area (Å²) in [7, 11) is 0. The first-order valence-corrected chi connectivity index (χ1v) is 9.23. The van der Waals surface area contributed by atoms with Gasteiger partial charge >= 0.3 is 0 Å². The van der Waals surface area contributed by atoms with Gasteiger partial charge in [-0.05, 0) is 51.7 Å². The Morgan fingerprint density at radius 1 is 1.08 bits per heavy atom. The van der Waals surface area contributed by atoms with Crippen LogP contribution in [0.2, 0.25) is 0 Å². The summed E-state index contributed by atoms with van der Waals surface area (Å²) < 4.78 is 19.4. The molecule has 1 saturated carbocycles. The summed E-state index contributed by atoms with van der Waals surface area (Å²) in [4.78, 5) is 4.93. The average molecular weight is 335 g/mol. The summed E-state index contributed by atoms with van der Waals surface area (Å²) in [6, 6.07) is 5.97. The Morgan fingerprint density at radius 3 is 2.38 bits per heavy atom. The Kier molecular flexibility index (Phi) is 5.61. The summed E-state index contributed by atoms with van der Waals surface area (Å²) in [6.07, 6.45) is 4.78. The van der Waals surface area contributed by atoms with Gasteiger partial charge in [-0.3, -0.25) is 4.90 Å². The van der Waals surface area contributed by atoms with Gasteiger partial charge < -0.3 is 15.4 Å². The van der Waals surface area contributed by atoms with Crippen molar-refractivity contribution in [2.24, 2.45) is 5.73 Å². The highest BCUT2D eigenvalue weighted by atomic mass is 19.1. The number of benzene rings is 1. The molecule has 2 aliphatic rings. The Balaban J connectivity index is 1.62. The minimum Gasteiger partial charge on any atom is -0.489 e. The summed E-state index contributed by atoms with van der Waals surface area (Å²) in [5.41, 5.74) is 7.03. The second-order valence-electron chi connectivity index (χ2n) is 7.37. The number of piperazine rings is 1. The smallest absolute Gasteiger partial charge is 0.145 e. The zero-order valence-corrected chi connectivity index (χ0v) is 14.9. The number of nitrogens with two attached hydrogens (primary N) is 1. The van der Waals surface area contributed by atoms with Gasteiger partial charge in [-0.25, -0.2) is 4.39 Å². The molecule has 0 atom stereocenters. The number of nitrogens with zero attached hydrogens (tertiary/aromatic N) is 2. The maximum absolute atomic E-state index is 13.6. The van der Waals surface area contributed by atoms with Crippen LogP contribution < -0.4 is 15.4 Å². The van der Waals surface area contributed by atoms with Crippen molar-refractivity contribution < 1.29 is 9.13 Å². The lowest BCUT2D eigenvalue weighted by atomic mass is 9.90. The molecule has 24 heavy (non-hydrogen) atoms. The third-order valence-corrected chi connectivity index (χ3v) is 5.20. The third-order valence-electron chi connectivity index (χ3n) is 5.20. The Hall–Kier alpha value is -1.33. The predicted octanol–water partition coefficient (Wildman–Crippen LogP) is 3.00. The normalized spacial score (nSPS) is 26.0. The van der Waals surface area contributed by atoms with Gasteiger partial charge in [0.1, 0.15) is 11.6 Å². The Morgan fingerprint density at radius 2 is 1.75 bits per heavy atom. The molecule has 4 nitrogen and oxygen atoms in total. The highest BCUT2D eigenvalue weighted by Gasteiger charge is 2.28. The number of hydrogen-bond donors (Lipinski definition) is 1. The second-order valence-corrected chi connectivity index (χ2v) is 7.37. The maximum atomic E-state index is 13.6. The van der Waals surface area contributed by atoms with Crippen LogP contribution in [0.25, 0.3) is 0 Å². The van der Waals surface area contributed by atoms with E-state index < -0.39 is 0 Å². The summed E-state index contributed by atoms with van der Waals surface area (Å²) in [5, 5.41) is 0. The van der Waals surface area contributed by atoms with Crippen molar-refractivity contribution in [1.29, 1.82) is 0 Å². The van der Waals surface area contributed by atoms with E-state index in [9.17, 15) is 4.39 Å². The molecule has 2 fully saturated rings. The summed E-state index contributed by atoms with van der Waals surface area (Å²) >= 11 is 0. The highest BCUT2D eigenvalue weighted by molar-refractivity contribution is 5.59. The van der Waals surface area contributed by atoms with Crippen molar-refractivity contribution in [3.8, 4) is 5.75 Å². The van der Waals surface area contributed by atoms with Crippen LogP contribution in [0.5, 0.6) is 5.75 Å². The van der Waals surface area contributed by atoms with Crippen LogP contribution in [-0.2, 0) is 0 Å². The molecule has 1 aliphatic heterocycles. The van der Waals surface area contributed by atoms with E-state index in [0.29, 0.717) is 17.8 Å². The SMILES string of the molecule is CC(C)Oc1cc(F)ccc1N1CCN(C2CCC(N)CC2)CC1. The van der Waals surface area contributed by atoms with Crippen molar-refractivity contribution in [1.82, 2.24) is 4.90 Å². The molecule has 1 aliphatic carbocycles. The Labute approximate surface area is 144 Å². The minimum absolute atomic E-state index is 0.0401. The number of halogens is 1. The molecule has 0 aromatic heterocycles. The fourth-order valence-electron chi connectivity index (χ4n) is 3.89. The fraction of sp³-hybridized carbons (Fsp3) is 0.684. The van der Waals surface area contributed by atoms with Crippen molar-refractivity contribution in [3.05, 3.63) is 24.0 Å². The first-order chi connectivity index (χ1) is 11.5. The van der Waals surface area contributed by atoms with Crippen LogP contribution in [0.1, 0.15) is 39.5 Å². The molecule has 1 aromatic carbocycles. The van der Waals surface area contributed by atoms with E-state index in [1.165, 1.54) is 25.0 Å². The van der Waals surface area contributed by atoms with Gasteiger partial charge in [-0.15, -0.1) is 0 Å². The Bertz CT molecular complexity index is 535. The minimum atomic E-state index is -0.244. The van der Waals surface area contributed by atoms with Gasteiger partial charge in [-0.2, -0.15) is 0 Å². The van der Waals surface area contributed by atoms with Gasteiger partial charge in [0.15, 0.2) is 0 Å². The molecule has 5 heteroatoms. The number of rotatable bonds is 4. The van der Waals surface area contributed by atoms with Crippen molar-refractivity contribution in [2.75, 3.05) is 31.1 Å². The molecule has 3 rings (SSSR count). The van der Waals surface area contributed by atoms with Crippen LogP contribution >= 0.6 is 0 Å². The predicted molar refractivity (Wildman–Crippen MR) is 96.2 cm³/mol. The molecule has 1 aromatic rings. The molecule has 134 valence electrons. The zero-order valence-electron chi connectivity index (χ0n) is 14.9. The van der Waals surface area contributed by atoms with E-state index in [2.05, 4.69) is 9.80 Å². The van der Waals surface area contributed by atoms with Crippen LogP contribution in [0.3, 0.4) is 0 Å². The van der Waals surface area contributed by atoms with E-state index in [0.717, 1.165) is 44.7 Å². The quantitative estimate of drug-likeness (QED) is 0.918. The number of ether oxygens (including phenoxy) is 1. The third kappa shape index (κ3) is 4.19. The maximum Gasteiger partial charge on any atom is 0.145 e. The lowest BCUT2D eigenvalue weighted by Gasteiger charge is -2.42.